The summed E-state index contributed by atoms with van der Waals surface area (Å²) in [5.74, 6) is 1.77. The molecule has 0 spiro atoms. The van der Waals surface area contributed by atoms with Crippen molar-refractivity contribution in [3.8, 4) is 0 Å². The number of hydrogen-bond donors (Lipinski definition) is 2. The third-order valence-corrected chi connectivity index (χ3v) is 4.38. The van der Waals surface area contributed by atoms with E-state index in [1.807, 2.05) is 49.4 Å². The summed E-state index contributed by atoms with van der Waals surface area (Å²) in [7, 11) is 0. The highest BCUT2D eigenvalue weighted by Crippen LogP contribution is 2.11. The first kappa shape index (κ1) is 18.5. The number of aryl methyl sites for hydroxylation is 2. The fourth-order valence-electron chi connectivity index (χ4n) is 2.92. The van der Waals surface area contributed by atoms with E-state index < -0.39 is 0 Å². The third kappa shape index (κ3) is 4.73. The second-order valence-electron chi connectivity index (χ2n) is 6.66. The number of pyridine rings is 1. The quantitative estimate of drug-likeness (QED) is 0.506. The zero-order chi connectivity index (χ0) is 20.1. The molecule has 8 nitrogen and oxygen atoms in total. The van der Waals surface area contributed by atoms with Gasteiger partial charge in [0.15, 0.2) is 11.5 Å². The normalized spacial score (nSPS) is 10.8. The van der Waals surface area contributed by atoms with E-state index >= 15 is 0 Å². The Labute approximate surface area is 168 Å². The fraction of sp³-hybridized carbons (Fsp3) is 0.190. The highest BCUT2D eigenvalue weighted by Gasteiger charge is 2.11. The van der Waals surface area contributed by atoms with Crippen LogP contribution in [0, 0.1) is 6.92 Å². The van der Waals surface area contributed by atoms with Crippen LogP contribution in [0.25, 0.3) is 5.65 Å². The highest BCUT2D eigenvalue weighted by atomic mass is 16.1. The fourth-order valence-corrected chi connectivity index (χ4v) is 2.92. The lowest BCUT2D eigenvalue weighted by atomic mass is 10.2. The Hall–Kier alpha value is -3.81. The lowest BCUT2D eigenvalue weighted by Crippen LogP contribution is -2.14. The molecule has 2 N–H and O–H groups in total. The summed E-state index contributed by atoms with van der Waals surface area (Å²) < 4.78 is 1.67. The number of amides is 1. The molecule has 4 rings (SSSR count). The zero-order valence-corrected chi connectivity index (χ0v) is 16.0. The molecule has 4 aromatic rings. The van der Waals surface area contributed by atoms with Gasteiger partial charge < -0.3 is 10.6 Å². The van der Waals surface area contributed by atoms with E-state index in [9.17, 15) is 4.79 Å². The van der Waals surface area contributed by atoms with E-state index in [1.165, 1.54) is 5.56 Å². The van der Waals surface area contributed by atoms with Crippen molar-refractivity contribution < 1.29 is 4.79 Å². The Bertz CT molecular complexity index is 1120. The van der Waals surface area contributed by atoms with Gasteiger partial charge in [-0.05, 0) is 36.8 Å². The molecule has 0 saturated carbocycles. The number of fused-ring (bicyclic) bond motifs is 1. The second kappa shape index (κ2) is 8.47. The predicted octanol–water partition coefficient (Wildman–Crippen LogP) is 3.01. The standard InChI is InChI=1S/C21H21N7O/c1-15-6-5-9-18(23-15)24-21(29)13-12-20-26-25-19-11-10-17(27-28(19)20)22-14-16-7-3-2-4-8-16/h2-11H,12-14H2,1H3,(H,22,27)(H,23,24,29). The maximum absolute atomic E-state index is 12.2. The summed E-state index contributed by atoms with van der Waals surface area (Å²) in [5.41, 5.74) is 2.66. The van der Waals surface area contributed by atoms with Crippen LogP contribution in [0.1, 0.15) is 23.5 Å². The smallest absolute Gasteiger partial charge is 0.225 e. The van der Waals surface area contributed by atoms with Gasteiger partial charge in [-0.3, -0.25) is 4.79 Å². The number of hydrogen-bond acceptors (Lipinski definition) is 6. The summed E-state index contributed by atoms with van der Waals surface area (Å²) in [6.45, 7) is 2.55. The Morgan fingerprint density at radius 2 is 1.83 bits per heavy atom. The molecule has 0 bridgehead atoms. The first-order chi connectivity index (χ1) is 14.2. The van der Waals surface area contributed by atoms with Crippen molar-refractivity contribution in [1.29, 1.82) is 0 Å². The third-order valence-electron chi connectivity index (χ3n) is 4.38. The predicted molar refractivity (Wildman–Crippen MR) is 110 cm³/mol. The van der Waals surface area contributed by atoms with E-state index in [4.69, 9.17) is 0 Å². The van der Waals surface area contributed by atoms with Crippen molar-refractivity contribution in [1.82, 2.24) is 24.8 Å². The summed E-state index contributed by atoms with van der Waals surface area (Å²) in [6, 6.07) is 19.3. The monoisotopic (exact) mass is 387 g/mol. The Morgan fingerprint density at radius 3 is 2.66 bits per heavy atom. The molecule has 146 valence electrons. The van der Waals surface area contributed by atoms with Crippen LogP contribution in [0.4, 0.5) is 11.6 Å². The largest absolute Gasteiger partial charge is 0.365 e. The van der Waals surface area contributed by atoms with Crippen LogP contribution in [0.2, 0.25) is 0 Å². The first-order valence-corrected chi connectivity index (χ1v) is 9.40. The van der Waals surface area contributed by atoms with Gasteiger partial charge in [-0.25, -0.2) is 4.98 Å². The number of carbonyl (C=O) groups is 1. The minimum absolute atomic E-state index is 0.127. The Kier molecular flexibility index (Phi) is 5.42. The average Bonchev–Trinajstić information content (AvgIpc) is 3.14. The number of benzene rings is 1. The molecule has 3 heterocycles. The lowest BCUT2D eigenvalue weighted by Gasteiger charge is -2.07. The molecule has 0 fully saturated rings. The van der Waals surface area contributed by atoms with Gasteiger partial charge in [0.25, 0.3) is 0 Å². The van der Waals surface area contributed by atoms with E-state index in [-0.39, 0.29) is 12.3 Å². The Balaban J connectivity index is 1.40. The number of nitrogens with one attached hydrogen (secondary N) is 2. The highest BCUT2D eigenvalue weighted by molar-refractivity contribution is 5.89. The van der Waals surface area contributed by atoms with Gasteiger partial charge in [-0.15, -0.1) is 15.3 Å². The van der Waals surface area contributed by atoms with Crippen LogP contribution in [0.5, 0.6) is 0 Å². The van der Waals surface area contributed by atoms with Gasteiger partial charge in [-0.2, -0.15) is 4.52 Å². The minimum Gasteiger partial charge on any atom is -0.365 e. The zero-order valence-electron chi connectivity index (χ0n) is 16.0. The van der Waals surface area contributed by atoms with Crippen LogP contribution >= 0.6 is 0 Å². The van der Waals surface area contributed by atoms with Crippen LogP contribution in [-0.4, -0.2) is 30.7 Å². The van der Waals surface area contributed by atoms with E-state index in [0.717, 1.165) is 11.5 Å². The molecular weight excluding hydrogens is 366 g/mol. The summed E-state index contributed by atoms with van der Waals surface area (Å²) >= 11 is 0. The summed E-state index contributed by atoms with van der Waals surface area (Å²) in [6.07, 6.45) is 0.688. The molecule has 0 aliphatic heterocycles. The van der Waals surface area contributed by atoms with E-state index in [1.54, 1.807) is 10.6 Å². The van der Waals surface area contributed by atoms with Crippen molar-refractivity contribution in [3.63, 3.8) is 0 Å². The Morgan fingerprint density at radius 1 is 0.966 bits per heavy atom. The lowest BCUT2D eigenvalue weighted by molar-refractivity contribution is -0.116. The SMILES string of the molecule is Cc1cccc(NC(=O)CCc2nnc3ccc(NCc4ccccc4)nn23)n1. The molecule has 0 unspecified atom stereocenters. The van der Waals surface area contributed by atoms with E-state index in [2.05, 4.69) is 43.0 Å². The van der Waals surface area contributed by atoms with Crippen molar-refractivity contribution in [2.75, 3.05) is 10.6 Å². The van der Waals surface area contributed by atoms with Gasteiger partial charge >= 0.3 is 0 Å². The molecule has 0 atom stereocenters. The molecule has 1 aromatic carbocycles. The number of carbonyl (C=O) groups excluding carboxylic acids is 1. The molecule has 8 heteroatoms. The van der Waals surface area contributed by atoms with E-state index in [0.29, 0.717) is 30.3 Å². The molecule has 29 heavy (non-hydrogen) atoms. The number of rotatable bonds is 7. The first-order valence-electron chi connectivity index (χ1n) is 9.40. The minimum atomic E-state index is -0.127. The molecule has 1 amide bonds. The maximum atomic E-state index is 12.2. The van der Waals surface area contributed by atoms with Gasteiger partial charge in [-0.1, -0.05) is 36.4 Å². The van der Waals surface area contributed by atoms with Crippen LogP contribution < -0.4 is 10.6 Å². The molecule has 0 aliphatic carbocycles. The van der Waals surface area contributed by atoms with Crippen molar-refractivity contribution in [2.24, 2.45) is 0 Å². The summed E-state index contributed by atoms with van der Waals surface area (Å²) in [4.78, 5) is 16.5. The van der Waals surface area contributed by atoms with Gasteiger partial charge in [0.1, 0.15) is 11.6 Å². The molecule has 0 aliphatic rings. The molecule has 0 radical (unpaired) electrons. The average molecular weight is 387 g/mol. The van der Waals surface area contributed by atoms with Crippen LogP contribution in [-0.2, 0) is 17.8 Å². The second-order valence-corrected chi connectivity index (χ2v) is 6.66. The number of aromatic nitrogens is 5. The summed E-state index contributed by atoms with van der Waals surface area (Å²) in [5, 5.41) is 19.0. The number of nitrogens with zero attached hydrogens (tertiary/aromatic N) is 5. The molecular formula is C21H21N7O. The number of anilines is 2. The van der Waals surface area contributed by atoms with Gasteiger partial charge in [0, 0.05) is 25.1 Å². The van der Waals surface area contributed by atoms with Crippen molar-refractivity contribution in [2.45, 2.75) is 26.3 Å². The van der Waals surface area contributed by atoms with Crippen molar-refractivity contribution in [3.05, 3.63) is 77.7 Å². The molecule has 0 saturated heterocycles. The van der Waals surface area contributed by atoms with Gasteiger partial charge in [0.2, 0.25) is 5.91 Å². The topological polar surface area (TPSA) is 97.1 Å². The van der Waals surface area contributed by atoms with Crippen LogP contribution in [0.3, 0.4) is 0 Å². The van der Waals surface area contributed by atoms with Crippen molar-refractivity contribution >= 4 is 23.2 Å². The molecule has 3 aromatic heterocycles. The maximum Gasteiger partial charge on any atom is 0.225 e. The van der Waals surface area contributed by atoms with Crippen LogP contribution in [0.15, 0.2) is 60.7 Å². The van der Waals surface area contributed by atoms with Gasteiger partial charge in [0.05, 0.1) is 0 Å².